The summed E-state index contributed by atoms with van der Waals surface area (Å²) in [4.78, 5) is 31.2. The Morgan fingerprint density at radius 2 is 1.47 bits per heavy atom. The molecule has 3 aromatic carbocycles. The van der Waals surface area contributed by atoms with E-state index in [9.17, 15) is 22.8 Å². The molecule has 10 heteroatoms. The number of carbonyl (C=O) groups is 2. The highest BCUT2D eigenvalue weighted by Gasteiger charge is 2.19. The van der Waals surface area contributed by atoms with E-state index in [-0.39, 0.29) is 36.8 Å². The number of thiazole rings is 1. The van der Waals surface area contributed by atoms with Gasteiger partial charge in [0.1, 0.15) is 28.2 Å². The molecule has 0 unspecified atom stereocenters. The quantitative estimate of drug-likeness (QED) is 0.318. The second kappa shape index (κ2) is 11.5. The van der Waals surface area contributed by atoms with Crippen LogP contribution in [-0.4, -0.2) is 21.8 Å². The lowest BCUT2D eigenvalue weighted by Crippen LogP contribution is -2.34. The Bertz CT molecular complexity index is 1340. The first kappa shape index (κ1) is 24.9. The van der Waals surface area contributed by atoms with Crippen LogP contribution in [0.15, 0.2) is 78.2 Å². The van der Waals surface area contributed by atoms with Crippen LogP contribution in [0.1, 0.15) is 26.6 Å². The molecule has 0 fully saturated rings. The van der Waals surface area contributed by atoms with Gasteiger partial charge in [-0.3, -0.25) is 4.79 Å². The summed E-state index contributed by atoms with van der Waals surface area (Å²) in [5, 5.41) is 7.31. The van der Waals surface area contributed by atoms with Gasteiger partial charge in [0.25, 0.3) is 5.91 Å². The number of hydrogen-bond donors (Lipinski definition) is 2. The molecule has 6 nitrogen and oxygen atoms in total. The molecule has 4 aromatic rings. The van der Waals surface area contributed by atoms with Crippen LogP contribution in [0.2, 0.25) is 0 Å². The third kappa shape index (κ3) is 6.70. The van der Waals surface area contributed by atoms with Crippen molar-refractivity contribution >= 4 is 29.0 Å². The second-order valence-electron chi connectivity index (χ2n) is 7.83. The summed E-state index contributed by atoms with van der Waals surface area (Å²) in [6.07, 6.45) is 0. The SMILES string of the molecule is O=C(NCc1ccc(F)cc1)c1csc(CN(Cc2ccc(F)cc2)C(=O)Nc2ccccc2F)n1. The topological polar surface area (TPSA) is 74.3 Å². The molecule has 0 radical (unpaired) electrons. The summed E-state index contributed by atoms with van der Waals surface area (Å²) < 4.78 is 40.4. The highest BCUT2D eigenvalue weighted by atomic mass is 32.1. The predicted octanol–water partition coefficient (Wildman–Crippen LogP) is 5.72. The Kier molecular flexibility index (Phi) is 7.96. The van der Waals surface area contributed by atoms with Gasteiger partial charge in [0.2, 0.25) is 0 Å². The van der Waals surface area contributed by atoms with Crippen LogP contribution in [0, 0.1) is 17.5 Å². The fourth-order valence-corrected chi connectivity index (χ4v) is 4.08. The number of carbonyl (C=O) groups excluding carboxylic acids is 2. The Labute approximate surface area is 209 Å². The number of urea groups is 1. The van der Waals surface area contributed by atoms with E-state index in [0.717, 1.165) is 5.56 Å². The normalized spacial score (nSPS) is 10.6. The maximum absolute atomic E-state index is 14.1. The molecular weight excluding hydrogens is 489 g/mol. The standard InChI is InChI=1S/C26H21F3N4O2S/c27-19-9-5-17(6-10-19)13-30-25(34)23-16-36-24(31-23)15-33(14-18-7-11-20(28)12-8-18)26(35)32-22-4-2-1-3-21(22)29/h1-12,16H,13-15H2,(H,30,34)(H,32,35). The Balaban J connectivity index is 1.45. The van der Waals surface area contributed by atoms with E-state index >= 15 is 0 Å². The Hall–Kier alpha value is -4.18. The minimum Gasteiger partial charge on any atom is -0.347 e. The van der Waals surface area contributed by atoms with E-state index in [0.29, 0.717) is 10.6 Å². The number of para-hydroxylation sites is 1. The molecule has 4 rings (SSSR count). The Morgan fingerprint density at radius 1 is 0.833 bits per heavy atom. The summed E-state index contributed by atoms with van der Waals surface area (Å²) in [7, 11) is 0. The average Bonchev–Trinajstić information content (AvgIpc) is 3.34. The molecule has 3 amide bonds. The van der Waals surface area contributed by atoms with Crippen molar-refractivity contribution in [1.29, 1.82) is 0 Å². The summed E-state index contributed by atoms with van der Waals surface area (Å²) in [5.41, 5.74) is 1.59. The van der Waals surface area contributed by atoms with Crippen LogP contribution in [0.25, 0.3) is 0 Å². The van der Waals surface area contributed by atoms with Crippen molar-refractivity contribution < 1.29 is 22.8 Å². The van der Waals surface area contributed by atoms with Gasteiger partial charge in [-0.05, 0) is 47.5 Å². The lowest BCUT2D eigenvalue weighted by molar-refractivity contribution is 0.0946. The van der Waals surface area contributed by atoms with E-state index in [1.54, 1.807) is 35.7 Å². The van der Waals surface area contributed by atoms with Crippen molar-refractivity contribution in [3.8, 4) is 0 Å². The fraction of sp³-hybridized carbons (Fsp3) is 0.115. The first-order valence-corrected chi connectivity index (χ1v) is 11.8. The van der Waals surface area contributed by atoms with Crippen molar-refractivity contribution in [2.45, 2.75) is 19.6 Å². The van der Waals surface area contributed by atoms with Crippen molar-refractivity contribution in [1.82, 2.24) is 15.2 Å². The van der Waals surface area contributed by atoms with E-state index < -0.39 is 23.6 Å². The van der Waals surface area contributed by atoms with Crippen molar-refractivity contribution in [2.24, 2.45) is 0 Å². The molecule has 0 aliphatic heterocycles. The van der Waals surface area contributed by atoms with Gasteiger partial charge in [0, 0.05) is 18.5 Å². The number of nitrogens with zero attached hydrogens (tertiary/aromatic N) is 2. The van der Waals surface area contributed by atoms with Crippen molar-refractivity contribution in [2.75, 3.05) is 5.32 Å². The van der Waals surface area contributed by atoms with E-state index in [4.69, 9.17) is 0 Å². The molecule has 0 bridgehead atoms. The maximum Gasteiger partial charge on any atom is 0.322 e. The first-order valence-electron chi connectivity index (χ1n) is 10.9. The van der Waals surface area contributed by atoms with Gasteiger partial charge in [-0.2, -0.15) is 0 Å². The number of nitrogens with one attached hydrogen (secondary N) is 2. The van der Waals surface area contributed by atoms with Gasteiger partial charge < -0.3 is 15.5 Å². The van der Waals surface area contributed by atoms with Gasteiger partial charge >= 0.3 is 6.03 Å². The molecule has 1 heterocycles. The number of halogens is 3. The third-order valence-corrected chi connectivity index (χ3v) is 6.00. The summed E-state index contributed by atoms with van der Waals surface area (Å²) >= 11 is 1.19. The van der Waals surface area contributed by atoms with Crippen LogP contribution in [0.4, 0.5) is 23.7 Å². The van der Waals surface area contributed by atoms with Crippen molar-refractivity contribution in [3.05, 3.63) is 117 Å². The van der Waals surface area contributed by atoms with Gasteiger partial charge in [0.15, 0.2) is 0 Å². The Morgan fingerprint density at radius 3 is 2.14 bits per heavy atom. The summed E-state index contributed by atoms with van der Waals surface area (Å²) in [6.45, 7) is 0.341. The lowest BCUT2D eigenvalue weighted by Gasteiger charge is -2.22. The minimum absolute atomic E-state index is 0.0200. The first-order chi connectivity index (χ1) is 17.4. The molecule has 184 valence electrons. The zero-order valence-corrected chi connectivity index (χ0v) is 19.7. The molecule has 0 saturated heterocycles. The van der Waals surface area contributed by atoms with E-state index in [1.165, 1.54) is 58.7 Å². The number of rotatable bonds is 8. The van der Waals surface area contributed by atoms with Crippen LogP contribution in [0.5, 0.6) is 0 Å². The van der Waals surface area contributed by atoms with Crippen molar-refractivity contribution in [3.63, 3.8) is 0 Å². The molecule has 0 saturated carbocycles. The number of amides is 3. The number of benzene rings is 3. The number of hydrogen-bond acceptors (Lipinski definition) is 4. The average molecular weight is 511 g/mol. The monoisotopic (exact) mass is 510 g/mol. The summed E-state index contributed by atoms with van der Waals surface area (Å²) in [5.74, 6) is -1.76. The predicted molar refractivity (Wildman–Crippen MR) is 131 cm³/mol. The molecule has 1 aromatic heterocycles. The molecule has 36 heavy (non-hydrogen) atoms. The zero-order chi connectivity index (χ0) is 25.5. The third-order valence-electron chi connectivity index (χ3n) is 5.17. The van der Waals surface area contributed by atoms with Gasteiger partial charge in [-0.25, -0.2) is 22.9 Å². The van der Waals surface area contributed by atoms with Crippen LogP contribution in [-0.2, 0) is 19.6 Å². The van der Waals surface area contributed by atoms with Gasteiger partial charge in [-0.15, -0.1) is 11.3 Å². The number of aromatic nitrogens is 1. The molecule has 0 spiro atoms. The highest BCUT2D eigenvalue weighted by molar-refractivity contribution is 7.09. The van der Waals surface area contributed by atoms with Crippen LogP contribution in [0.3, 0.4) is 0 Å². The fourth-order valence-electron chi connectivity index (χ4n) is 3.29. The van der Waals surface area contributed by atoms with E-state index in [1.807, 2.05) is 0 Å². The van der Waals surface area contributed by atoms with Gasteiger partial charge in [0.05, 0.1) is 12.2 Å². The molecule has 0 aliphatic rings. The second-order valence-corrected chi connectivity index (χ2v) is 8.77. The van der Waals surface area contributed by atoms with Crippen LogP contribution < -0.4 is 10.6 Å². The minimum atomic E-state index is -0.582. The van der Waals surface area contributed by atoms with Crippen LogP contribution >= 0.6 is 11.3 Å². The lowest BCUT2D eigenvalue weighted by atomic mass is 10.2. The molecular formula is C26H21F3N4O2S. The maximum atomic E-state index is 14.1. The molecule has 0 atom stereocenters. The molecule has 0 aliphatic carbocycles. The highest BCUT2D eigenvalue weighted by Crippen LogP contribution is 2.18. The molecule has 2 N–H and O–H groups in total. The smallest absolute Gasteiger partial charge is 0.322 e. The zero-order valence-electron chi connectivity index (χ0n) is 18.9. The number of anilines is 1. The largest absolute Gasteiger partial charge is 0.347 e. The van der Waals surface area contributed by atoms with E-state index in [2.05, 4.69) is 15.6 Å². The summed E-state index contributed by atoms with van der Waals surface area (Å²) in [6, 6.07) is 16.6. The van der Waals surface area contributed by atoms with Gasteiger partial charge in [-0.1, -0.05) is 36.4 Å².